The zero-order valence-corrected chi connectivity index (χ0v) is 12.9. The molecule has 2 rings (SSSR count). The van der Waals surface area contributed by atoms with Crippen LogP contribution < -0.4 is 0 Å². The molecule has 0 spiro atoms. The third kappa shape index (κ3) is 3.48. The number of carbonyl (C=O) groups is 1. The summed E-state index contributed by atoms with van der Waals surface area (Å²) in [4.78, 5) is 15.4. The lowest BCUT2D eigenvalue weighted by Crippen LogP contribution is -2.47. The molecule has 1 fully saturated rings. The highest BCUT2D eigenvalue weighted by molar-refractivity contribution is 9.10. The van der Waals surface area contributed by atoms with Crippen LogP contribution in [-0.4, -0.2) is 47.0 Å². The second-order valence-electron chi connectivity index (χ2n) is 5.01. The number of hydrogen-bond donors (Lipinski definition) is 1. The first-order chi connectivity index (χ1) is 8.97. The molecule has 0 aromatic heterocycles. The zero-order valence-electron chi connectivity index (χ0n) is 11.3. The quantitative estimate of drug-likeness (QED) is 0.905. The van der Waals surface area contributed by atoms with Crippen LogP contribution in [0.15, 0.2) is 16.6 Å². The maximum absolute atomic E-state index is 11.3. The number of carbonyl (C=O) groups excluding carboxylic acids is 1. The number of aryl methyl sites for hydroxylation is 1. The standard InChI is InChI=1S/C14H19BrN2O2/c1-10-7-13(15)8-12(14(10)19)9-16-3-5-17(6-4-16)11(2)18/h7-8,19H,3-6,9H2,1-2H3. The Balaban J connectivity index is 2.01. The second kappa shape index (κ2) is 5.92. The minimum atomic E-state index is 0.140. The lowest BCUT2D eigenvalue weighted by atomic mass is 10.1. The van der Waals surface area contributed by atoms with Crippen LogP contribution in [-0.2, 0) is 11.3 Å². The van der Waals surface area contributed by atoms with Gasteiger partial charge in [0.25, 0.3) is 0 Å². The highest BCUT2D eigenvalue weighted by Gasteiger charge is 2.19. The molecule has 0 aliphatic carbocycles. The molecule has 1 aromatic carbocycles. The summed E-state index contributed by atoms with van der Waals surface area (Å²) in [6.45, 7) is 7.47. The molecule has 5 heteroatoms. The molecule has 1 aromatic rings. The fourth-order valence-corrected chi connectivity index (χ4v) is 3.01. The van der Waals surface area contributed by atoms with E-state index in [1.54, 1.807) is 6.92 Å². The van der Waals surface area contributed by atoms with Crippen LogP contribution in [0.1, 0.15) is 18.1 Å². The van der Waals surface area contributed by atoms with Crippen molar-refractivity contribution in [1.82, 2.24) is 9.80 Å². The Bertz CT molecular complexity index is 483. The van der Waals surface area contributed by atoms with E-state index in [-0.39, 0.29) is 5.91 Å². The molecule has 1 saturated heterocycles. The van der Waals surface area contributed by atoms with Crippen molar-refractivity contribution in [2.24, 2.45) is 0 Å². The van der Waals surface area contributed by atoms with Gasteiger partial charge in [0.2, 0.25) is 5.91 Å². The highest BCUT2D eigenvalue weighted by atomic mass is 79.9. The number of halogens is 1. The monoisotopic (exact) mass is 326 g/mol. The van der Waals surface area contributed by atoms with E-state index in [1.807, 2.05) is 24.0 Å². The molecule has 0 saturated carbocycles. The first kappa shape index (κ1) is 14.3. The van der Waals surface area contributed by atoms with Gasteiger partial charge in [-0.25, -0.2) is 0 Å². The van der Waals surface area contributed by atoms with Gasteiger partial charge in [-0.15, -0.1) is 0 Å². The minimum Gasteiger partial charge on any atom is -0.507 e. The van der Waals surface area contributed by atoms with Crippen molar-refractivity contribution in [3.05, 3.63) is 27.7 Å². The van der Waals surface area contributed by atoms with Crippen molar-refractivity contribution in [2.45, 2.75) is 20.4 Å². The molecule has 19 heavy (non-hydrogen) atoms. The van der Waals surface area contributed by atoms with E-state index in [1.165, 1.54) is 0 Å². The van der Waals surface area contributed by atoms with Gasteiger partial charge in [0.05, 0.1) is 0 Å². The number of hydrogen-bond acceptors (Lipinski definition) is 3. The van der Waals surface area contributed by atoms with Crippen LogP contribution in [0.5, 0.6) is 5.75 Å². The van der Waals surface area contributed by atoms with Crippen LogP contribution in [0.25, 0.3) is 0 Å². The van der Waals surface area contributed by atoms with Crippen LogP contribution in [0.2, 0.25) is 0 Å². The van der Waals surface area contributed by atoms with Gasteiger partial charge in [0.1, 0.15) is 5.75 Å². The SMILES string of the molecule is CC(=O)N1CCN(Cc2cc(Br)cc(C)c2O)CC1. The van der Waals surface area contributed by atoms with Crippen molar-refractivity contribution >= 4 is 21.8 Å². The van der Waals surface area contributed by atoms with E-state index >= 15 is 0 Å². The van der Waals surface area contributed by atoms with Gasteiger partial charge in [-0.1, -0.05) is 15.9 Å². The molecule has 104 valence electrons. The largest absolute Gasteiger partial charge is 0.507 e. The Hall–Kier alpha value is -1.07. The van der Waals surface area contributed by atoms with Crippen molar-refractivity contribution in [2.75, 3.05) is 26.2 Å². The van der Waals surface area contributed by atoms with E-state index in [9.17, 15) is 9.90 Å². The van der Waals surface area contributed by atoms with E-state index in [0.29, 0.717) is 5.75 Å². The molecule has 1 N–H and O–H groups in total. The molecule has 0 bridgehead atoms. The molecule has 4 nitrogen and oxygen atoms in total. The first-order valence-electron chi connectivity index (χ1n) is 6.43. The summed E-state index contributed by atoms with van der Waals surface area (Å²) in [5.74, 6) is 0.512. The summed E-state index contributed by atoms with van der Waals surface area (Å²) in [6, 6.07) is 3.87. The van der Waals surface area contributed by atoms with Gasteiger partial charge in [0.15, 0.2) is 0 Å². The van der Waals surface area contributed by atoms with Gasteiger partial charge in [0, 0.05) is 49.7 Å². The summed E-state index contributed by atoms with van der Waals surface area (Å²) < 4.78 is 0.986. The molecule has 0 unspecified atom stereocenters. The summed E-state index contributed by atoms with van der Waals surface area (Å²) in [5, 5.41) is 10.1. The lowest BCUT2D eigenvalue weighted by Gasteiger charge is -2.34. The van der Waals surface area contributed by atoms with Gasteiger partial charge in [-0.2, -0.15) is 0 Å². The maximum atomic E-state index is 11.3. The summed E-state index contributed by atoms with van der Waals surface area (Å²) in [7, 11) is 0. The van der Waals surface area contributed by atoms with E-state index in [4.69, 9.17) is 0 Å². The second-order valence-corrected chi connectivity index (χ2v) is 5.93. The molecule has 1 amide bonds. The van der Waals surface area contributed by atoms with Crippen molar-refractivity contribution in [1.29, 1.82) is 0 Å². The van der Waals surface area contributed by atoms with Crippen LogP contribution >= 0.6 is 15.9 Å². The molecular weight excluding hydrogens is 308 g/mol. The van der Waals surface area contributed by atoms with E-state index in [2.05, 4.69) is 20.8 Å². The Morgan fingerprint density at radius 1 is 1.32 bits per heavy atom. The van der Waals surface area contributed by atoms with Crippen molar-refractivity contribution in [3.63, 3.8) is 0 Å². The number of rotatable bonds is 2. The lowest BCUT2D eigenvalue weighted by molar-refractivity contribution is -0.130. The first-order valence-corrected chi connectivity index (χ1v) is 7.22. The Kier molecular flexibility index (Phi) is 4.47. The van der Waals surface area contributed by atoms with E-state index in [0.717, 1.165) is 48.3 Å². The number of benzene rings is 1. The van der Waals surface area contributed by atoms with Crippen molar-refractivity contribution < 1.29 is 9.90 Å². The zero-order chi connectivity index (χ0) is 14.0. The number of amides is 1. The number of phenols is 1. The van der Waals surface area contributed by atoms with Crippen LogP contribution in [0.4, 0.5) is 0 Å². The molecule has 1 aliphatic rings. The number of aromatic hydroxyl groups is 1. The third-order valence-electron chi connectivity index (χ3n) is 3.56. The number of piperazine rings is 1. The molecule has 0 atom stereocenters. The van der Waals surface area contributed by atoms with Gasteiger partial charge >= 0.3 is 0 Å². The molecule has 0 radical (unpaired) electrons. The average Bonchev–Trinajstić information content (AvgIpc) is 2.36. The van der Waals surface area contributed by atoms with Gasteiger partial charge in [-0.3, -0.25) is 9.69 Å². The number of nitrogens with zero attached hydrogens (tertiary/aromatic N) is 2. The van der Waals surface area contributed by atoms with Gasteiger partial charge < -0.3 is 10.0 Å². The van der Waals surface area contributed by atoms with E-state index < -0.39 is 0 Å². The summed E-state index contributed by atoms with van der Waals surface area (Å²) in [6.07, 6.45) is 0. The minimum absolute atomic E-state index is 0.140. The third-order valence-corrected chi connectivity index (χ3v) is 4.01. The fraction of sp³-hybridized carbons (Fsp3) is 0.500. The highest BCUT2D eigenvalue weighted by Crippen LogP contribution is 2.28. The average molecular weight is 327 g/mol. The smallest absolute Gasteiger partial charge is 0.219 e. The Labute approximate surface area is 122 Å². The van der Waals surface area contributed by atoms with Crippen LogP contribution in [0, 0.1) is 6.92 Å². The summed E-state index contributed by atoms with van der Waals surface area (Å²) in [5.41, 5.74) is 1.81. The predicted octanol–water partition coefficient (Wildman–Crippen LogP) is 2.13. The maximum Gasteiger partial charge on any atom is 0.219 e. The topological polar surface area (TPSA) is 43.8 Å². The summed E-state index contributed by atoms with van der Waals surface area (Å²) >= 11 is 3.46. The van der Waals surface area contributed by atoms with Crippen LogP contribution in [0.3, 0.4) is 0 Å². The Morgan fingerprint density at radius 2 is 1.95 bits per heavy atom. The number of phenolic OH excluding ortho intramolecular Hbond substituents is 1. The fourth-order valence-electron chi connectivity index (χ4n) is 2.39. The molecule has 1 aliphatic heterocycles. The molecular formula is C14H19BrN2O2. The van der Waals surface area contributed by atoms with Gasteiger partial charge in [-0.05, 0) is 24.6 Å². The normalized spacial score (nSPS) is 16.7. The predicted molar refractivity (Wildman–Crippen MR) is 78.1 cm³/mol. The Morgan fingerprint density at radius 3 is 2.53 bits per heavy atom. The van der Waals surface area contributed by atoms with Crippen molar-refractivity contribution in [3.8, 4) is 5.75 Å². The molecule has 1 heterocycles.